The minimum atomic E-state index is -1.04. The van der Waals surface area contributed by atoms with Gasteiger partial charge in [-0.05, 0) is 18.6 Å². The summed E-state index contributed by atoms with van der Waals surface area (Å²) in [5.74, 6) is -1.04. The van der Waals surface area contributed by atoms with Gasteiger partial charge < -0.3 is 5.11 Å². The number of rotatable bonds is 2. The standard InChI is InChI=1S/C11H9ClN2O2/c1-6-3-2-4-7(10(6)12)8-5-9(11(15)16)14-13-8/h2-5H,1H3,(H,13,14)(H,15,16). The average molecular weight is 237 g/mol. The number of H-pyrrole nitrogens is 1. The molecule has 2 N–H and O–H groups in total. The van der Waals surface area contributed by atoms with E-state index in [4.69, 9.17) is 16.7 Å². The maximum Gasteiger partial charge on any atom is 0.353 e. The van der Waals surface area contributed by atoms with E-state index in [1.54, 1.807) is 6.07 Å². The van der Waals surface area contributed by atoms with Crippen LogP contribution in [0.2, 0.25) is 5.02 Å². The van der Waals surface area contributed by atoms with Crippen LogP contribution in [-0.2, 0) is 0 Å². The predicted octanol–water partition coefficient (Wildman–Crippen LogP) is 2.74. The molecule has 16 heavy (non-hydrogen) atoms. The number of aromatic carboxylic acids is 1. The first-order valence-corrected chi connectivity index (χ1v) is 5.01. The summed E-state index contributed by atoms with van der Waals surface area (Å²) < 4.78 is 0. The van der Waals surface area contributed by atoms with E-state index < -0.39 is 5.97 Å². The Morgan fingerprint density at radius 2 is 2.25 bits per heavy atom. The van der Waals surface area contributed by atoms with Gasteiger partial charge in [0.05, 0.1) is 10.7 Å². The zero-order chi connectivity index (χ0) is 11.7. The Hall–Kier alpha value is -1.81. The first kappa shape index (κ1) is 10.7. The molecule has 0 saturated heterocycles. The first-order valence-electron chi connectivity index (χ1n) is 4.64. The third-order valence-corrected chi connectivity index (χ3v) is 2.78. The van der Waals surface area contributed by atoms with Crippen molar-refractivity contribution in [2.75, 3.05) is 0 Å². The van der Waals surface area contributed by atoms with E-state index in [9.17, 15) is 4.79 Å². The highest BCUT2D eigenvalue weighted by Crippen LogP contribution is 2.29. The second-order valence-electron chi connectivity index (χ2n) is 3.41. The van der Waals surface area contributed by atoms with Crippen molar-refractivity contribution in [2.45, 2.75) is 6.92 Å². The van der Waals surface area contributed by atoms with Crippen molar-refractivity contribution in [3.8, 4) is 11.3 Å². The zero-order valence-electron chi connectivity index (χ0n) is 8.49. The maximum absolute atomic E-state index is 10.7. The van der Waals surface area contributed by atoms with Gasteiger partial charge in [0.25, 0.3) is 0 Å². The summed E-state index contributed by atoms with van der Waals surface area (Å²) in [4.78, 5) is 10.7. The molecule has 0 unspecified atom stereocenters. The third-order valence-electron chi connectivity index (χ3n) is 2.28. The van der Waals surface area contributed by atoms with Gasteiger partial charge >= 0.3 is 5.97 Å². The van der Waals surface area contributed by atoms with Crippen LogP contribution in [0.3, 0.4) is 0 Å². The Morgan fingerprint density at radius 1 is 1.50 bits per heavy atom. The molecule has 1 aromatic heterocycles. The Labute approximate surface area is 96.9 Å². The molecule has 0 spiro atoms. The van der Waals surface area contributed by atoms with E-state index in [0.717, 1.165) is 11.1 Å². The zero-order valence-corrected chi connectivity index (χ0v) is 9.25. The van der Waals surface area contributed by atoms with Crippen molar-refractivity contribution in [3.63, 3.8) is 0 Å². The summed E-state index contributed by atoms with van der Waals surface area (Å²) in [5, 5.41) is 15.7. The molecular formula is C11H9ClN2O2. The largest absolute Gasteiger partial charge is 0.477 e. The SMILES string of the molecule is Cc1cccc(-c2cc(C(=O)O)[nH]n2)c1Cl. The van der Waals surface area contributed by atoms with Gasteiger partial charge in [-0.15, -0.1) is 0 Å². The topological polar surface area (TPSA) is 66.0 Å². The van der Waals surface area contributed by atoms with Crippen molar-refractivity contribution in [2.24, 2.45) is 0 Å². The van der Waals surface area contributed by atoms with Gasteiger partial charge in [0.15, 0.2) is 0 Å². The molecule has 2 rings (SSSR count). The molecule has 0 bridgehead atoms. The molecule has 2 aromatic rings. The number of carboxylic acid groups (broad SMARTS) is 1. The number of carboxylic acids is 1. The Morgan fingerprint density at radius 3 is 2.88 bits per heavy atom. The molecule has 4 nitrogen and oxygen atoms in total. The lowest BCUT2D eigenvalue weighted by Gasteiger charge is -2.02. The van der Waals surface area contributed by atoms with Gasteiger partial charge in [-0.25, -0.2) is 4.79 Å². The minimum absolute atomic E-state index is 0.0487. The minimum Gasteiger partial charge on any atom is -0.477 e. The summed E-state index contributed by atoms with van der Waals surface area (Å²) in [6, 6.07) is 7.00. The Kier molecular flexibility index (Phi) is 2.66. The molecule has 0 radical (unpaired) electrons. The van der Waals surface area contributed by atoms with Crippen LogP contribution >= 0.6 is 11.6 Å². The van der Waals surface area contributed by atoms with E-state index >= 15 is 0 Å². The molecule has 0 aliphatic rings. The summed E-state index contributed by atoms with van der Waals surface area (Å²) in [6.45, 7) is 1.89. The molecular weight excluding hydrogens is 228 g/mol. The molecule has 0 atom stereocenters. The Bertz CT molecular complexity index is 549. The van der Waals surface area contributed by atoms with Crippen LogP contribution in [0.4, 0.5) is 0 Å². The van der Waals surface area contributed by atoms with E-state index in [2.05, 4.69) is 10.2 Å². The lowest BCUT2D eigenvalue weighted by Crippen LogP contribution is -1.95. The Balaban J connectivity index is 2.50. The highest BCUT2D eigenvalue weighted by molar-refractivity contribution is 6.34. The summed E-state index contributed by atoms with van der Waals surface area (Å²) >= 11 is 6.12. The molecule has 0 fully saturated rings. The van der Waals surface area contributed by atoms with Gasteiger partial charge in [0, 0.05) is 5.56 Å². The normalized spacial score (nSPS) is 10.4. The van der Waals surface area contributed by atoms with Crippen LogP contribution in [0, 0.1) is 6.92 Å². The number of aromatic nitrogens is 2. The number of nitrogens with one attached hydrogen (secondary N) is 1. The van der Waals surface area contributed by atoms with Gasteiger partial charge in [0.1, 0.15) is 5.69 Å². The van der Waals surface area contributed by atoms with E-state index in [-0.39, 0.29) is 5.69 Å². The number of nitrogens with zero attached hydrogens (tertiary/aromatic N) is 1. The van der Waals surface area contributed by atoms with Crippen molar-refractivity contribution in [1.82, 2.24) is 10.2 Å². The number of aryl methyl sites for hydroxylation is 1. The summed E-state index contributed by atoms with van der Waals surface area (Å²) in [7, 11) is 0. The van der Waals surface area contributed by atoms with Crippen LogP contribution in [0.15, 0.2) is 24.3 Å². The molecule has 0 aliphatic carbocycles. The van der Waals surface area contributed by atoms with Gasteiger partial charge in [0.2, 0.25) is 0 Å². The lowest BCUT2D eigenvalue weighted by molar-refractivity contribution is 0.0690. The van der Waals surface area contributed by atoms with Gasteiger partial charge in [-0.1, -0.05) is 29.8 Å². The van der Waals surface area contributed by atoms with Crippen molar-refractivity contribution in [1.29, 1.82) is 0 Å². The van der Waals surface area contributed by atoms with E-state index in [1.165, 1.54) is 6.07 Å². The van der Waals surface area contributed by atoms with Crippen LogP contribution in [0.5, 0.6) is 0 Å². The monoisotopic (exact) mass is 236 g/mol. The fourth-order valence-electron chi connectivity index (χ4n) is 1.41. The number of benzene rings is 1. The van der Waals surface area contributed by atoms with Crippen LogP contribution < -0.4 is 0 Å². The molecule has 1 aromatic carbocycles. The molecule has 0 saturated carbocycles. The van der Waals surface area contributed by atoms with Gasteiger partial charge in [-0.3, -0.25) is 5.10 Å². The van der Waals surface area contributed by atoms with E-state index in [0.29, 0.717) is 10.7 Å². The number of halogens is 1. The first-order chi connectivity index (χ1) is 7.59. The van der Waals surface area contributed by atoms with Crippen LogP contribution in [0.25, 0.3) is 11.3 Å². The van der Waals surface area contributed by atoms with Gasteiger partial charge in [-0.2, -0.15) is 5.10 Å². The van der Waals surface area contributed by atoms with Crippen molar-refractivity contribution < 1.29 is 9.90 Å². The highest BCUT2D eigenvalue weighted by atomic mass is 35.5. The van der Waals surface area contributed by atoms with Crippen LogP contribution in [-0.4, -0.2) is 21.3 Å². The predicted molar refractivity (Wildman–Crippen MR) is 60.7 cm³/mol. The van der Waals surface area contributed by atoms with Crippen LogP contribution in [0.1, 0.15) is 16.1 Å². The average Bonchev–Trinajstić information content (AvgIpc) is 2.71. The molecule has 0 amide bonds. The second-order valence-corrected chi connectivity index (χ2v) is 3.79. The highest BCUT2D eigenvalue weighted by Gasteiger charge is 2.12. The third kappa shape index (κ3) is 1.79. The molecule has 0 aliphatic heterocycles. The smallest absolute Gasteiger partial charge is 0.353 e. The van der Waals surface area contributed by atoms with Crippen molar-refractivity contribution >= 4 is 17.6 Å². The van der Waals surface area contributed by atoms with E-state index in [1.807, 2.05) is 19.1 Å². The number of hydrogen-bond donors (Lipinski definition) is 2. The number of carbonyl (C=O) groups is 1. The fourth-order valence-corrected chi connectivity index (χ4v) is 1.64. The number of hydrogen-bond acceptors (Lipinski definition) is 2. The molecule has 1 heterocycles. The van der Waals surface area contributed by atoms with Crippen molar-refractivity contribution in [3.05, 3.63) is 40.5 Å². The summed E-state index contributed by atoms with van der Waals surface area (Å²) in [5.41, 5.74) is 2.24. The summed E-state index contributed by atoms with van der Waals surface area (Å²) in [6.07, 6.45) is 0. The second kappa shape index (κ2) is 3.98. The molecule has 82 valence electrons. The maximum atomic E-state index is 10.7. The lowest BCUT2D eigenvalue weighted by atomic mass is 10.1. The fraction of sp³-hybridized carbons (Fsp3) is 0.0909. The molecule has 5 heteroatoms. The number of aromatic amines is 1. The quantitative estimate of drug-likeness (QED) is 0.843.